The molecule has 0 radical (unpaired) electrons. The molecule has 0 aliphatic heterocycles. The monoisotopic (exact) mass is 148 g/mol. The summed E-state index contributed by atoms with van der Waals surface area (Å²) in [5.74, 6) is 0.817. The lowest BCUT2D eigenvalue weighted by Gasteiger charge is -1.87. The van der Waals surface area contributed by atoms with E-state index in [9.17, 15) is 0 Å². The standard InChI is InChI=1S/C9H12N2/c1-4-7-6-8(5-2)11-9(7)10-3/h4,6,11H,1,3,5H2,2H3. The first kappa shape index (κ1) is 7.79. The molecule has 0 aliphatic rings. The number of aromatic amines is 1. The molecule has 0 bridgehead atoms. The van der Waals surface area contributed by atoms with E-state index in [1.807, 2.05) is 6.07 Å². The molecule has 0 saturated heterocycles. The van der Waals surface area contributed by atoms with Crippen molar-refractivity contribution in [2.24, 2.45) is 4.99 Å². The number of nitrogens with one attached hydrogen (secondary N) is 1. The lowest BCUT2D eigenvalue weighted by Crippen LogP contribution is -1.74. The molecule has 0 amide bonds. The maximum Gasteiger partial charge on any atom is 0.136 e. The molecule has 1 heterocycles. The van der Waals surface area contributed by atoms with E-state index in [4.69, 9.17) is 0 Å². The fraction of sp³-hybridized carbons (Fsp3) is 0.222. The average molecular weight is 148 g/mol. The van der Waals surface area contributed by atoms with Crippen molar-refractivity contribution in [2.45, 2.75) is 13.3 Å². The SMILES string of the molecule is C=Cc1cc(CC)[nH]c1N=C. The van der Waals surface area contributed by atoms with Crippen LogP contribution in [-0.2, 0) is 6.42 Å². The third-order valence-corrected chi connectivity index (χ3v) is 1.64. The van der Waals surface area contributed by atoms with Crippen LogP contribution in [0.5, 0.6) is 0 Å². The quantitative estimate of drug-likeness (QED) is 0.638. The third-order valence-electron chi connectivity index (χ3n) is 1.64. The molecular weight excluding hydrogens is 136 g/mol. The Hall–Kier alpha value is -1.31. The van der Waals surface area contributed by atoms with Gasteiger partial charge in [0.1, 0.15) is 5.82 Å². The number of H-pyrrole nitrogens is 1. The molecule has 0 atom stereocenters. The van der Waals surface area contributed by atoms with Crippen LogP contribution in [0.3, 0.4) is 0 Å². The molecule has 1 aromatic heterocycles. The summed E-state index contributed by atoms with van der Waals surface area (Å²) in [6, 6.07) is 2.04. The van der Waals surface area contributed by atoms with Crippen LogP contribution in [0.15, 0.2) is 17.6 Å². The minimum absolute atomic E-state index is 0.817. The zero-order valence-corrected chi connectivity index (χ0v) is 6.72. The van der Waals surface area contributed by atoms with Crippen molar-refractivity contribution in [2.75, 3.05) is 0 Å². The van der Waals surface area contributed by atoms with Crippen LogP contribution in [0, 0.1) is 0 Å². The van der Waals surface area contributed by atoms with E-state index in [0.717, 1.165) is 17.8 Å². The van der Waals surface area contributed by atoms with Crippen molar-refractivity contribution in [1.82, 2.24) is 4.98 Å². The lowest BCUT2D eigenvalue weighted by atomic mass is 10.2. The van der Waals surface area contributed by atoms with Crippen LogP contribution in [0.4, 0.5) is 5.82 Å². The highest BCUT2D eigenvalue weighted by Gasteiger charge is 2.00. The van der Waals surface area contributed by atoms with Gasteiger partial charge in [0, 0.05) is 11.3 Å². The number of aryl methyl sites for hydroxylation is 1. The van der Waals surface area contributed by atoms with Crippen molar-refractivity contribution in [3.8, 4) is 0 Å². The van der Waals surface area contributed by atoms with Gasteiger partial charge >= 0.3 is 0 Å². The smallest absolute Gasteiger partial charge is 0.136 e. The van der Waals surface area contributed by atoms with Crippen LogP contribution in [0.2, 0.25) is 0 Å². The highest BCUT2D eigenvalue weighted by Crippen LogP contribution is 2.19. The maximum atomic E-state index is 3.83. The van der Waals surface area contributed by atoms with E-state index in [1.165, 1.54) is 5.69 Å². The van der Waals surface area contributed by atoms with Gasteiger partial charge in [-0.25, -0.2) is 4.99 Å². The second-order valence-electron chi connectivity index (χ2n) is 2.31. The summed E-state index contributed by atoms with van der Waals surface area (Å²) in [4.78, 5) is 6.96. The number of aliphatic imine (C=N–C) groups is 1. The Bertz CT molecular complexity index is 246. The minimum Gasteiger partial charge on any atom is -0.343 e. The van der Waals surface area contributed by atoms with Crippen molar-refractivity contribution >= 4 is 18.6 Å². The average Bonchev–Trinajstić information content (AvgIpc) is 2.46. The highest BCUT2D eigenvalue weighted by atomic mass is 14.9. The molecule has 1 N–H and O–H groups in total. The van der Waals surface area contributed by atoms with Gasteiger partial charge in [0.2, 0.25) is 0 Å². The highest BCUT2D eigenvalue weighted by molar-refractivity contribution is 5.62. The van der Waals surface area contributed by atoms with Crippen molar-refractivity contribution in [1.29, 1.82) is 0 Å². The predicted molar refractivity (Wildman–Crippen MR) is 49.5 cm³/mol. The molecule has 0 spiro atoms. The number of hydrogen-bond acceptors (Lipinski definition) is 1. The maximum absolute atomic E-state index is 3.83. The van der Waals surface area contributed by atoms with Crippen LogP contribution in [0.1, 0.15) is 18.2 Å². The molecule has 0 unspecified atom stereocenters. The van der Waals surface area contributed by atoms with Gasteiger partial charge in [0.15, 0.2) is 0 Å². The number of hydrogen-bond donors (Lipinski definition) is 1. The van der Waals surface area contributed by atoms with Crippen molar-refractivity contribution in [3.63, 3.8) is 0 Å². The van der Waals surface area contributed by atoms with Gasteiger partial charge < -0.3 is 4.98 Å². The number of rotatable bonds is 3. The van der Waals surface area contributed by atoms with Crippen molar-refractivity contribution in [3.05, 3.63) is 23.9 Å². The van der Waals surface area contributed by atoms with Crippen LogP contribution in [0.25, 0.3) is 6.08 Å². The first-order chi connectivity index (χ1) is 5.31. The number of aromatic nitrogens is 1. The summed E-state index contributed by atoms with van der Waals surface area (Å²) in [7, 11) is 0. The molecule has 0 fully saturated rings. The molecular formula is C9H12N2. The first-order valence-electron chi connectivity index (χ1n) is 3.62. The summed E-state index contributed by atoms with van der Waals surface area (Å²) >= 11 is 0. The van der Waals surface area contributed by atoms with E-state index in [0.29, 0.717) is 0 Å². The van der Waals surface area contributed by atoms with Crippen LogP contribution < -0.4 is 0 Å². The van der Waals surface area contributed by atoms with Crippen LogP contribution >= 0.6 is 0 Å². The fourth-order valence-electron chi connectivity index (χ4n) is 0.993. The molecule has 58 valence electrons. The normalized spacial score (nSPS) is 9.55. The minimum atomic E-state index is 0.817. The summed E-state index contributed by atoms with van der Waals surface area (Å²) in [6.45, 7) is 9.23. The number of nitrogens with zero attached hydrogens (tertiary/aromatic N) is 1. The Kier molecular flexibility index (Phi) is 2.26. The Morgan fingerprint density at radius 2 is 2.45 bits per heavy atom. The molecule has 2 heteroatoms. The first-order valence-corrected chi connectivity index (χ1v) is 3.62. The largest absolute Gasteiger partial charge is 0.343 e. The molecule has 1 aromatic rings. The Morgan fingerprint density at radius 3 is 2.82 bits per heavy atom. The zero-order chi connectivity index (χ0) is 8.27. The Morgan fingerprint density at radius 1 is 1.73 bits per heavy atom. The fourth-order valence-corrected chi connectivity index (χ4v) is 0.993. The zero-order valence-electron chi connectivity index (χ0n) is 6.72. The van der Waals surface area contributed by atoms with E-state index >= 15 is 0 Å². The summed E-state index contributed by atoms with van der Waals surface area (Å²) < 4.78 is 0. The van der Waals surface area contributed by atoms with Crippen molar-refractivity contribution < 1.29 is 0 Å². The topological polar surface area (TPSA) is 28.1 Å². The summed E-state index contributed by atoms with van der Waals surface area (Å²) in [6.07, 6.45) is 2.76. The third kappa shape index (κ3) is 1.40. The van der Waals surface area contributed by atoms with Gasteiger partial charge in [0.05, 0.1) is 0 Å². The molecule has 11 heavy (non-hydrogen) atoms. The molecule has 0 aromatic carbocycles. The van der Waals surface area contributed by atoms with Crippen LogP contribution in [-0.4, -0.2) is 11.7 Å². The lowest BCUT2D eigenvalue weighted by molar-refractivity contribution is 1.06. The van der Waals surface area contributed by atoms with Gasteiger partial charge in [-0.15, -0.1) is 0 Å². The van der Waals surface area contributed by atoms with Gasteiger partial charge in [0.25, 0.3) is 0 Å². The van der Waals surface area contributed by atoms with Gasteiger partial charge in [-0.05, 0) is 19.2 Å². The molecule has 0 aliphatic carbocycles. The molecule has 0 saturated carbocycles. The van der Waals surface area contributed by atoms with E-state index in [-0.39, 0.29) is 0 Å². The van der Waals surface area contributed by atoms with Gasteiger partial charge in [-0.1, -0.05) is 19.6 Å². The second kappa shape index (κ2) is 3.19. The Labute approximate surface area is 66.7 Å². The van der Waals surface area contributed by atoms with E-state index in [1.54, 1.807) is 6.08 Å². The summed E-state index contributed by atoms with van der Waals surface area (Å²) in [5, 5.41) is 0. The Balaban J connectivity index is 3.11. The second-order valence-corrected chi connectivity index (χ2v) is 2.31. The molecule has 2 nitrogen and oxygen atoms in total. The van der Waals surface area contributed by atoms with Gasteiger partial charge in [-0.3, -0.25) is 0 Å². The van der Waals surface area contributed by atoms with E-state index < -0.39 is 0 Å². The van der Waals surface area contributed by atoms with Gasteiger partial charge in [-0.2, -0.15) is 0 Å². The summed E-state index contributed by atoms with van der Waals surface area (Å²) in [5.41, 5.74) is 2.19. The predicted octanol–water partition coefficient (Wildman–Crippen LogP) is 2.55. The van der Waals surface area contributed by atoms with E-state index in [2.05, 4.69) is 30.2 Å². The molecule has 1 rings (SSSR count).